The number of nitrogens with zero attached hydrogens (tertiary/aromatic N) is 2. The first kappa shape index (κ1) is 13.9. The normalized spacial score (nSPS) is 12.8. The maximum absolute atomic E-state index is 5.38. The van der Waals surface area contributed by atoms with Crippen LogP contribution < -0.4 is 11.3 Å². The molecule has 0 aliphatic heterocycles. The molecule has 0 amide bonds. The lowest BCUT2D eigenvalue weighted by Crippen LogP contribution is -2.35. The molecule has 0 bridgehead atoms. The number of aromatic nitrogens is 1. The highest BCUT2D eigenvalue weighted by Gasteiger charge is 2.12. The fraction of sp³-hybridized carbons (Fsp3) is 0.583. The van der Waals surface area contributed by atoms with Crippen LogP contribution in [-0.4, -0.2) is 36.2 Å². The van der Waals surface area contributed by atoms with Crippen molar-refractivity contribution in [3.63, 3.8) is 0 Å². The van der Waals surface area contributed by atoms with Crippen molar-refractivity contribution in [2.45, 2.75) is 26.4 Å². The summed E-state index contributed by atoms with van der Waals surface area (Å²) < 4.78 is 5.17. The number of ether oxygens (including phenoxy) is 1. The summed E-state index contributed by atoms with van der Waals surface area (Å²) in [6.45, 7) is 6.78. The number of anilines is 1. The summed E-state index contributed by atoms with van der Waals surface area (Å²) in [4.78, 5) is 6.65. The van der Waals surface area contributed by atoms with Crippen LogP contribution in [0.25, 0.3) is 0 Å². The largest absolute Gasteiger partial charge is 0.383 e. The molecular weight excluding hydrogens is 216 g/mol. The maximum atomic E-state index is 5.38. The molecule has 0 aromatic carbocycles. The third kappa shape index (κ3) is 4.30. The van der Waals surface area contributed by atoms with Crippen molar-refractivity contribution < 1.29 is 4.74 Å². The van der Waals surface area contributed by atoms with Crippen LogP contribution in [-0.2, 0) is 11.3 Å². The van der Waals surface area contributed by atoms with Crippen LogP contribution in [0.4, 0.5) is 5.69 Å². The monoisotopic (exact) mass is 238 g/mol. The Morgan fingerprint density at radius 2 is 2.35 bits per heavy atom. The van der Waals surface area contributed by atoms with E-state index in [1.54, 1.807) is 13.3 Å². The molecule has 96 valence electrons. The molecule has 5 nitrogen and oxygen atoms in total. The average Bonchev–Trinajstić information content (AvgIpc) is 2.36. The Morgan fingerprint density at radius 1 is 1.59 bits per heavy atom. The van der Waals surface area contributed by atoms with Gasteiger partial charge in [0, 0.05) is 25.9 Å². The van der Waals surface area contributed by atoms with Crippen molar-refractivity contribution in [3.8, 4) is 0 Å². The molecule has 1 unspecified atom stereocenters. The van der Waals surface area contributed by atoms with Gasteiger partial charge in [-0.3, -0.25) is 15.7 Å². The van der Waals surface area contributed by atoms with Crippen molar-refractivity contribution in [3.05, 3.63) is 24.0 Å². The van der Waals surface area contributed by atoms with E-state index in [-0.39, 0.29) is 0 Å². The number of hydrazine groups is 1. The van der Waals surface area contributed by atoms with E-state index in [1.807, 2.05) is 12.1 Å². The van der Waals surface area contributed by atoms with Gasteiger partial charge in [-0.1, -0.05) is 6.92 Å². The number of pyridine rings is 1. The Morgan fingerprint density at radius 3 is 2.94 bits per heavy atom. The van der Waals surface area contributed by atoms with Crippen LogP contribution in [0.5, 0.6) is 0 Å². The third-order valence-electron chi connectivity index (χ3n) is 2.79. The van der Waals surface area contributed by atoms with E-state index in [1.165, 1.54) is 0 Å². The van der Waals surface area contributed by atoms with Crippen molar-refractivity contribution in [1.29, 1.82) is 0 Å². The Balaban J connectivity index is 2.66. The first-order chi connectivity index (χ1) is 8.21. The molecule has 0 radical (unpaired) electrons. The predicted molar refractivity (Wildman–Crippen MR) is 69.5 cm³/mol. The molecular formula is C12H22N4O. The van der Waals surface area contributed by atoms with Gasteiger partial charge in [-0.05, 0) is 25.6 Å². The maximum Gasteiger partial charge on any atom is 0.0615 e. The number of rotatable bonds is 7. The van der Waals surface area contributed by atoms with Crippen LogP contribution in [0.2, 0.25) is 0 Å². The summed E-state index contributed by atoms with van der Waals surface area (Å²) in [7, 11) is 1.72. The quantitative estimate of drug-likeness (QED) is 0.552. The van der Waals surface area contributed by atoms with Crippen LogP contribution in [0.3, 0.4) is 0 Å². The molecule has 1 rings (SSSR count). The molecule has 5 heteroatoms. The van der Waals surface area contributed by atoms with E-state index in [0.717, 1.165) is 31.1 Å². The molecule has 17 heavy (non-hydrogen) atoms. The number of nitrogens with one attached hydrogen (secondary N) is 1. The lowest BCUT2D eigenvalue weighted by atomic mass is 10.2. The Kier molecular flexibility index (Phi) is 5.90. The molecule has 1 aromatic rings. The molecule has 1 aromatic heterocycles. The van der Waals surface area contributed by atoms with Crippen molar-refractivity contribution in [2.24, 2.45) is 5.84 Å². The minimum Gasteiger partial charge on any atom is -0.383 e. The molecule has 1 heterocycles. The summed E-state index contributed by atoms with van der Waals surface area (Å²) in [5, 5.41) is 0. The zero-order valence-corrected chi connectivity index (χ0v) is 10.8. The molecule has 0 saturated heterocycles. The highest BCUT2D eigenvalue weighted by molar-refractivity contribution is 5.41. The van der Waals surface area contributed by atoms with Gasteiger partial charge < -0.3 is 10.2 Å². The topological polar surface area (TPSA) is 63.4 Å². The van der Waals surface area contributed by atoms with Crippen LogP contribution >= 0.6 is 0 Å². The standard InChI is InChI=1S/C12H22N4O/c1-4-16(10(2)9-17-3)8-12-7-11(15-13)5-6-14-12/h5-7,10H,4,8-9,13H2,1-3H3,(H,14,15). The lowest BCUT2D eigenvalue weighted by Gasteiger charge is -2.26. The highest BCUT2D eigenvalue weighted by Crippen LogP contribution is 2.10. The second kappa shape index (κ2) is 7.21. The zero-order valence-electron chi connectivity index (χ0n) is 10.8. The van der Waals surface area contributed by atoms with E-state index in [9.17, 15) is 0 Å². The molecule has 0 aliphatic rings. The van der Waals surface area contributed by atoms with Gasteiger partial charge in [-0.15, -0.1) is 0 Å². The van der Waals surface area contributed by atoms with E-state index in [0.29, 0.717) is 6.04 Å². The molecule has 1 atom stereocenters. The van der Waals surface area contributed by atoms with Gasteiger partial charge in [0.25, 0.3) is 0 Å². The number of nitrogens with two attached hydrogens (primary N) is 1. The summed E-state index contributed by atoms with van der Waals surface area (Å²) in [6.07, 6.45) is 1.76. The van der Waals surface area contributed by atoms with Gasteiger partial charge >= 0.3 is 0 Å². The number of hydrogen-bond donors (Lipinski definition) is 2. The molecule has 0 spiro atoms. The summed E-state index contributed by atoms with van der Waals surface area (Å²) in [5.41, 5.74) is 4.51. The van der Waals surface area contributed by atoms with E-state index in [4.69, 9.17) is 10.6 Å². The molecule has 3 N–H and O–H groups in total. The second-order valence-electron chi connectivity index (χ2n) is 4.05. The van der Waals surface area contributed by atoms with Gasteiger partial charge in [0.15, 0.2) is 0 Å². The molecule has 0 saturated carbocycles. The number of likely N-dealkylation sites (N-methyl/N-ethyl adjacent to an activating group) is 1. The van der Waals surface area contributed by atoms with Gasteiger partial charge in [-0.25, -0.2) is 0 Å². The first-order valence-corrected chi connectivity index (χ1v) is 5.85. The minimum absolute atomic E-state index is 0.376. The zero-order chi connectivity index (χ0) is 12.7. The summed E-state index contributed by atoms with van der Waals surface area (Å²) >= 11 is 0. The van der Waals surface area contributed by atoms with Gasteiger partial charge in [0.05, 0.1) is 18.0 Å². The number of hydrogen-bond acceptors (Lipinski definition) is 5. The van der Waals surface area contributed by atoms with Crippen molar-refractivity contribution in [1.82, 2.24) is 9.88 Å². The minimum atomic E-state index is 0.376. The lowest BCUT2D eigenvalue weighted by molar-refractivity contribution is 0.0974. The SMILES string of the molecule is CCN(Cc1cc(NN)ccn1)C(C)COC. The first-order valence-electron chi connectivity index (χ1n) is 5.85. The predicted octanol–water partition coefficient (Wildman–Crippen LogP) is 1.22. The van der Waals surface area contributed by atoms with E-state index >= 15 is 0 Å². The number of methoxy groups -OCH3 is 1. The Hall–Kier alpha value is -1.17. The van der Waals surface area contributed by atoms with E-state index in [2.05, 4.69) is 29.2 Å². The average molecular weight is 238 g/mol. The van der Waals surface area contributed by atoms with Crippen molar-refractivity contribution in [2.75, 3.05) is 25.7 Å². The molecule has 0 aliphatic carbocycles. The summed E-state index contributed by atoms with van der Waals surface area (Å²) in [5.74, 6) is 5.38. The van der Waals surface area contributed by atoms with Gasteiger partial charge in [-0.2, -0.15) is 0 Å². The Bertz CT molecular complexity index is 332. The summed E-state index contributed by atoms with van der Waals surface area (Å²) in [6, 6.07) is 4.18. The fourth-order valence-electron chi connectivity index (χ4n) is 1.79. The second-order valence-corrected chi connectivity index (χ2v) is 4.05. The smallest absolute Gasteiger partial charge is 0.0615 e. The fourth-order valence-corrected chi connectivity index (χ4v) is 1.79. The molecule has 0 fully saturated rings. The van der Waals surface area contributed by atoms with Crippen molar-refractivity contribution >= 4 is 5.69 Å². The van der Waals surface area contributed by atoms with Gasteiger partial charge in [0.2, 0.25) is 0 Å². The van der Waals surface area contributed by atoms with E-state index < -0.39 is 0 Å². The highest BCUT2D eigenvalue weighted by atomic mass is 16.5. The van der Waals surface area contributed by atoms with Crippen LogP contribution in [0.1, 0.15) is 19.5 Å². The van der Waals surface area contributed by atoms with Crippen LogP contribution in [0, 0.1) is 0 Å². The number of nitrogen functional groups attached to an aromatic ring is 1. The Labute approximate surface area is 103 Å². The third-order valence-corrected chi connectivity index (χ3v) is 2.79. The van der Waals surface area contributed by atoms with Crippen LogP contribution in [0.15, 0.2) is 18.3 Å². The van der Waals surface area contributed by atoms with Gasteiger partial charge in [0.1, 0.15) is 0 Å².